The van der Waals surface area contributed by atoms with E-state index in [1.54, 1.807) is 0 Å². The maximum absolute atomic E-state index is 5.41. The summed E-state index contributed by atoms with van der Waals surface area (Å²) < 4.78 is 0. The van der Waals surface area contributed by atoms with E-state index in [0.29, 0.717) is 0 Å². The van der Waals surface area contributed by atoms with Gasteiger partial charge in [-0.05, 0) is 32.4 Å². The van der Waals surface area contributed by atoms with Gasteiger partial charge in [0.15, 0.2) is 0 Å². The van der Waals surface area contributed by atoms with E-state index in [9.17, 15) is 0 Å². The highest BCUT2D eigenvalue weighted by molar-refractivity contribution is 4.95. The largest absolute Gasteiger partial charge is 0.330 e. The number of hydrogen-bond acceptors (Lipinski definition) is 3. The topological polar surface area (TPSA) is 41.3 Å². The third-order valence-electron chi connectivity index (χ3n) is 2.79. The first-order chi connectivity index (χ1) is 5.90. The Bertz CT molecular complexity index is 139. The van der Waals surface area contributed by atoms with Crippen molar-refractivity contribution in [3.8, 4) is 0 Å². The van der Waals surface area contributed by atoms with Gasteiger partial charge in [-0.15, -0.1) is 0 Å². The number of nitrogens with one attached hydrogen (secondary N) is 1. The Labute approximate surface area is 74.3 Å². The van der Waals surface area contributed by atoms with Crippen LogP contribution in [-0.2, 0) is 0 Å². The maximum atomic E-state index is 5.41. The van der Waals surface area contributed by atoms with Crippen LogP contribution < -0.4 is 11.1 Å². The number of rotatable bonds is 5. The molecule has 2 fully saturated rings. The molecule has 3 nitrogen and oxygen atoms in total. The molecule has 0 aromatic heterocycles. The fourth-order valence-corrected chi connectivity index (χ4v) is 1.79. The van der Waals surface area contributed by atoms with Crippen molar-refractivity contribution >= 4 is 0 Å². The van der Waals surface area contributed by atoms with Gasteiger partial charge in [0, 0.05) is 25.2 Å². The second kappa shape index (κ2) is 3.73. The molecule has 0 amide bonds. The van der Waals surface area contributed by atoms with Crippen LogP contribution in [0.25, 0.3) is 0 Å². The van der Waals surface area contributed by atoms with E-state index >= 15 is 0 Å². The molecule has 0 radical (unpaired) electrons. The lowest BCUT2D eigenvalue weighted by molar-refractivity contribution is 0.118. The summed E-state index contributed by atoms with van der Waals surface area (Å²) in [6.07, 6.45) is 3.99. The molecule has 1 heterocycles. The first-order valence-electron chi connectivity index (χ1n) is 5.07. The Kier molecular flexibility index (Phi) is 2.63. The molecule has 3 N–H and O–H groups in total. The van der Waals surface area contributed by atoms with Crippen molar-refractivity contribution in [3.05, 3.63) is 0 Å². The van der Waals surface area contributed by atoms with Gasteiger partial charge >= 0.3 is 0 Å². The smallest absolute Gasteiger partial charge is 0.0322 e. The number of hydrogen-bond donors (Lipinski definition) is 2. The molecule has 2 aliphatic rings. The molecule has 3 heteroatoms. The van der Waals surface area contributed by atoms with Gasteiger partial charge in [-0.2, -0.15) is 0 Å². The van der Waals surface area contributed by atoms with Gasteiger partial charge in [0.05, 0.1) is 0 Å². The monoisotopic (exact) mass is 169 g/mol. The molecule has 0 aromatic rings. The molecular formula is C9H19N3. The highest BCUT2D eigenvalue weighted by Gasteiger charge is 2.37. The molecule has 1 aliphatic carbocycles. The van der Waals surface area contributed by atoms with Crippen LogP contribution in [0.2, 0.25) is 0 Å². The van der Waals surface area contributed by atoms with E-state index in [0.717, 1.165) is 31.6 Å². The average molecular weight is 169 g/mol. The van der Waals surface area contributed by atoms with Crippen molar-refractivity contribution in [2.45, 2.75) is 31.3 Å². The Hall–Kier alpha value is -0.120. The zero-order chi connectivity index (χ0) is 8.39. The third-order valence-corrected chi connectivity index (χ3v) is 2.79. The molecule has 1 aliphatic heterocycles. The second-order valence-electron chi connectivity index (χ2n) is 3.98. The SMILES string of the molecule is NCCCNC1CN(C2CC2)C1. The fourth-order valence-electron chi connectivity index (χ4n) is 1.79. The minimum atomic E-state index is 0.761. The first-order valence-corrected chi connectivity index (χ1v) is 5.07. The molecule has 70 valence electrons. The Morgan fingerprint density at radius 2 is 2.08 bits per heavy atom. The predicted octanol–water partition coefficient (Wildman–Crippen LogP) is -0.229. The summed E-state index contributed by atoms with van der Waals surface area (Å²) in [5.74, 6) is 0. The van der Waals surface area contributed by atoms with Gasteiger partial charge < -0.3 is 11.1 Å². The van der Waals surface area contributed by atoms with E-state index in [1.807, 2.05) is 0 Å². The van der Waals surface area contributed by atoms with E-state index in [1.165, 1.54) is 25.9 Å². The van der Waals surface area contributed by atoms with Gasteiger partial charge in [-0.3, -0.25) is 4.90 Å². The summed E-state index contributed by atoms with van der Waals surface area (Å²) >= 11 is 0. The van der Waals surface area contributed by atoms with Gasteiger partial charge in [0.25, 0.3) is 0 Å². The fraction of sp³-hybridized carbons (Fsp3) is 1.00. The quantitative estimate of drug-likeness (QED) is 0.559. The minimum absolute atomic E-state index is 0.761. The van der Waals surface area contributed by atoms with Crippen molar-refractivity contribution in [2.24, 2.45) is 5.73 Å². The van der Waals surface area contributed by atoms with Crippen LogP contribution in [-0.4, -0.2) is 43.2 Å². The van der Waals surface area contributed by atoms with Crippen LogP contribution in [0.4, 0.5) is 0 Å². The molecule has 12 heavy (non-hydrogen) atoms. The Morgan fingerprint density at radius 1 is 1.33 bits per heavy atom. The summed E-state index contributed by atoms with van der Waals surface area (Å²) in [5.41, 5.74) is 5.41. The molecule has 0 atom stereocenters. The van der Waals surface area contributed by atoms with Crippen molar-refractivity contribution < 1.29 is 0 Å². The first kappa shape index (κ1) is 8.48. The van der Waals surface area contributed by atoms with Crippen molar-refractivity contribution in [2.75, 3.05) is 26.2 Å². The van der Waals surface area contributed by atoms with Crippen LogP contribution >= 0.6 is 0 Å². The lowest BCUT2D eigenvalue weighted by atomic mass is 10.1. The standard InChI is InChI=1S/C9H19N3/c10-4-1-5-11-8-6-12(7-8)9-2-3-9/h8-9,11H,1-7,10H2. The minimum Gasteiger partial charge on any atom is -0.330 e. The Morgan fingerprint density at radius 3 is 2.67 bits per heavy atom. The van der Waals surface area contributed by atoms with E-state index < -0.39 is 0 Å². The van der Waals surface area contributed by atoms with Crippen molar-refractivity contribution in [1.29, 1.82) is 0 Å². The van der Waals surface area contributed by atoms with Crippen LogP contribution in [0.5, 0.6) is 0 Å². The summed E-state index contributed by atoms with van der Waals surface area (Å²) in [5, 5.41) is 3.51. The van der Waals surface area contributed by atoms with Crippen LogP contribution in [0.1, 0.15) is 19.3 Å². The summed E-state index contributed by atoms with van der Waals surface area (Å²) in [6.45, 7) is 4.45. The summed E-state index contributed by atoms with van der Waals surface area (Å²) in [6, 6.07) is 1.72. The van der Waals surface area contributed by atoms with Crippen molar-refractivity contribution in [1.82, 2.24) is 10.2 Å². The lowest BCUT2D eigenvalue weighted by Crippen LogP contribution is -2.58. The highest BCUT2D eigenvalue weighted by Crippen LogP contribution is 2.30. The summed E-state index contributed by atoms with van der Waals surface area (Å²) in [7, 11) is 0. The summed E-state index contributed by atoms with van der Waals surface area (Å²) in [4.78, 5) is 2.58. The third kappa shape index (κ3) is 1.97. The average Bonchev–Trinajstić information content (AvgIpc) is 2.76. The van der Waals surface area contributed by atoms with Gasteiger partial charge in [-0.1, -0.05) is 0 Å². The van der Waals surface area contributed by atoms with E-state index in [4.69, 9.17) is 5.73 Å². The molecule has 0 aromatic carbocycles. The molecular weight excluding hydrogens is 150 g/mol. The molecule has 1 saturated carbocycles. The van der Waals surface area contributed by atoms with Crippen LogP contribution in [0.3, 0.4) is 0 Å². The predicted molar refractivity (Wildman–Crippen MR) is 50.1 cm³/mol. The molecule has 2 rings (SSSR count). The van der Waals surface area contributed by atoms with Gasteiger partial charge in [0.1, 0.15) is 0 Å². The number of likely N-dealkylation sites (tertiary alicyclic amines) is 1. The van der Waals surface area contributed by atoms with Gasteiger partial charge in [-0.25, -0.2) is 0 Å². The maximum Gasteiger partial charge on any atom is 0.0322 e. The number of nitrogens with two attached hydrogens (primary N) is 1. The normalized spacial score (nSPS) is 25.8. The van der Waals surface area contributed by atoms with Crippen LogP contribution in [0, 0.1) is 0 Å². The zero-order valence-electron chi connectivity index (χ0n) is 7.63. The second-order valence-corrected chi connectivity index (χ2v) is 3.98. The van der Waals surface area contributed by atoms with Crippen LogP contribution in [0.15, 0.2) is 0 Å². The molecule has 0 unspecified atom stereocenters. The van der Waals surface area contributed by atoms with Crippen molar-refractivity contribution in [3.63, 3.8) is 0 Å². The highest BCUT2D eigenvalue weighted by atomic mass is 15.3. The molecule has 0 spiro atoms. The van der Waals surface area contributed by atoms with Gasteiger partial charge in [0.2, 0.25) is 0 Å². The zero-order valence-corrected chi connectivity index (χ0v) is 7.63. The lowest BCUT2D eigenvalue weighted by Gasteiger charge is -2.40. The van der Waals surface area contributed by atoms with E-state index in [2.05, 4.69) is 10.2 Å². The Balaban J connectivity index is 1.50. The molecule has 1 saturated heterocycles. The number of nitrogens with zero attached hydrogens (tertiary/aromatic N) is 1. The molecule has 0 bridgehead atoms. The van der Waals surface area contributed by atoms with E-state index in [-0.39, 0.29) is 0 Å².